The summed E-state index contributed by atoms with van der Waals surface area (Å²) in [6, 6.07) is 7.46. The summed E-state index contributed by atoms with van der Waals surface area (Å²) in [6.45, 7) is 1.94. The molecule has 100 valence electrons. The molecule has 0 aliphatic carbocycles. The fraction of sp³-hybridized carbons (Fsp3) is 0.167. The van der Waals surface area contributed by atoms with Crippen LogP contribution in [0.4, 0.5) is 11.6 Å². The van der Waals surface area contributed by atoms with E-state index in [2.05, 4.69) is 25.9 Å². The van der Waals surface area contributed by atoms with Crippen LogP contribution in [0.25, 0.3) is 0 Å². The Kier molecular flexibility index (Phi) is 4.28. The molecule has 0 radical (unpaired) electrons. The number of hydrogen-bond acceptors (Lipinski definition) is 6. The van der Waals surface area contributed by atoms with Gasteiger partial charge in [-0.05, 0) is 52.3 Å². The Balaban J connectivity index is 2.28. The maximum atomic E-state index is 5.84. The molecule has 0 aliphatic rings. The second-order valence-electron chi connectivity index (χ2n) is 4.08. The zero-order chi connectivity index (χ0) is 14.0. The molecular formula is C12H14BrN5S. The van der Waals surface area contributed by atoms with E-state index >= 15 is 0 Å². The molecule has 1 aromatic heterocycles. The average molecular weight is 340 g/mol. The lowest BCUT2D eigenvalue weighted by atomic mass is 10.1. The quantitative estimate of drug-likeness (QED) is 0.742. The maximum Gasteiger partial charge on any atom is 0.196 e. The lowest BCUT2D eigenvalue weighted by Gasteiger charge is -2.09. The molecule has 0 unspecified atom stereocenters. The van der Waals surface area contributed by atoms with Crippen molar-refractivity contribution >= 4 is 39.3 Å². The first-order valence-corrected chi connectivity index (χ1v) is 7.19. The topological polar surface area (TPSA) is 104 Å². The highest BCUT2D eigenvalue weighted by atomic mass is 79.9. The number of nitrogens with two attached hydrogens (primary N) is 3. The summed E-state index contributed by atoms with van der Waals surface area (Å²) < 4.78 is 0.942. The first-order valence-electron chi connectivity index (χ1n) is 5.58. The Morgan fingerprint density at radius 3 is 2.32 bits per heavy atom. The second kappa shape index (κ2) is 5.77. The number of anilines is 2. The number of nitrogens with zero attached hydrogens (tertiary/aromatic N) is 2. The van der Waals surface area contributed by atoms with Gasteiger partial charge in [0.05, 0.1) is 0 Å². The molecule has 2 rings (SSSR count). The Morgan fingerprint density at radius 2 is 1.79 bits per heavy atom. The van der Waals surface area contributed by atoms with Gasteiger partial charge in [0, 0.05) is 21.5 Å². The summed E-state index contributed by atoms with van der Waals surface area (Å²) >= 11 is 4.91. The average Bonchev–Trinajstić information content (AvgIpc) is 2.30. The Bertz CT molecular complexity index is 582. The molecule has 5 nitrogen and oxygen atoms in total. The molecule has 0 saturated carbocycles. The lowest BCUT2D eigenvalue weighted by molar-refractivity contribution is 0.815. The second-order valence-corrected chi connectivity index (χ2v) is 5.94. The molecule has 0 bridgehead atoms. The van der Waals surface area contributed by atoms with Gasteiger partial charge in [0.25, 0.3) is 0 Å². The molecule has 1 atom stereocenters. The Labute approximate surface area is 124 Å². The van der Waals surface area contributed by atoms with Crippen LogP contribution in [0.15, 0.2) is 38.8 Å². The smallest absolute Gasteiger partial charge is 0.196 e. The van der Waals surface area contributed by atoms with Crippen LogP contribution in [0.3, 0.4) is 0 Å². The highest BCUT2D eigenvalue weighted by Crippen LogP contribution is 2.33. The van der Waals surface area contributed by atoms with Gasteiger partial charge in [0.15, 0.2) is 5.16 Å². The summed E-state index contributed by atoms with van der Waals surface area (Å²) in [6.07, 6.45) is 0. The standard InChI is InChI=1S/C12H14BrN5S/c1-6(14)7-2-3-9(8(13)4-7)19-12-17-10(15)5-11(16)18-12/h2-6H,14H2,1H3,(H4,15,16,17,18)/t6-/m1/s1. The van der Waals surface area contributed by atoms with Crippen LogP contribution in [0.5, 0.6) is 0 Å². The monoisotopic (exact) mass is 339 g/mol. The van der Waals surface area contributed by atoms with Crippen LogP contribution in [0.1, 0.15) is 18.5 Å². The third-order valence-corrected chi connectivity index (χ3v) is 4.29. The summed E-state index contributed by atoms with van der Waals surface area (Å²) in [5, 5.41) is 0.520. The molecule has 0 aliphatic heterocycles. The fourth-order valence-electron chi connectivity index (χ4n) is 1.49. The number of nitrogen functional groups attached to an aromatic ring is 2. The highest BCUT2D eigenvalue weighted by Gasteiger charge is 2.09. The van der Waals surface area contributed by atoms with Crippen molar-refractivity contribution in [2.45, 2.75) is 23.0 Å². The summed E-state index contributed by atoms with van der Waals surface area (Å²) in [5.74, 6) is 0.719. The van der Waals surface area contributed by atoms with Crippen molar-refractivity contribution in [2.24, 2.45) is 5.73 Å². The molecule has 1 aromatic carbocycles. The number of aromatic nitrogens is 2. The zero-order valence-corrected chi connectivity index (χ0v) is 12.7. The predicted octanol–water partition coefficient (Wildman–Crippen LogP) is 2.57. The Hall–Kier alpha value is -1.31. The Morgan fingerprint density at radius 1 is 1.16 bits per heavy atom. The number of halogens is 1. The third-order valence-electron chi connectivity index (χ3n) is 2.43. The van der Waals surface area contributed by atoms with Gasteiger partial charge in [-0.15, -0.1) is 0 Å². The van der Waals surface area contributed by atoms with Gasteiger partial charge in [-0.2, -0.15) is 0 Å². The van der Waals surface area contributed by atoms with E-state index in [0.717, 1.165) is 14.9 Å². The van der Waals surface area contributed by atoms with Crippen LogP contribution in [0.2, 0.25) is 0 Å². The number of benzene rings is 1. The zero-order valence-electron chi connectivity index (χ0n) is 10.3. The van der Waals surface area contributed by atoms with E-state index in [4.69, 9.17) is 17.2 Å². The number of hydrogen-bond donors (Lipinski definition) is 3. The van der Waals surface area contributed by atoms with Crippen molar-refractivity contribution in [2.75, 3.05) is 11.5 Å². The molecule has 7 heteroatoms. The molecule has 0 spiro atoms. The minimum Gasteiger partial charge on any atom is -0.383 e. The van der Waals surface area contributed by atoms with E-state index in [-0.39, 0.29) is 6.04 Å². The number of rotatable bonds is 3. The van der Waals surface area contributed by atoms with Crippen LogP contribution in [0, 0.1) is 0 Å². The van der Waals surface area contributed by atoms with Crippen molar-refractivity contribution in [3.63, 3.8) is 0 Å². The molecule has 0 fully saturated rings. The van der Waals surface area contributed by atoms with Gasteiger partial charge in [0.2, 0.25) is 0 Å². The van der Waals surface area contributed by atoms with Crippen LogP contribution in [-0.2, 0) is 0 Å². The largest absolute Gasteiger partial charge is 0.383 e. The van der Waals surface area contributed by atoms with E-state index in [1.807, 2.05) is 25.1 Å². The van der Waals surface area contributed by atoms with Gasteiger partial charge in [0.1, 0.15) is 11.6 Å². The SMILES string of the molecule is C[C@@H](N)c1ccc(Sc2nc(N)cc(N)n2)c(Br)c1. The van der Waals surface area contributed by atoms with Gasteiger partial charge in [-0.3, -0.25) is 0 Å². The molecule has 19 heavy (non-hydrogen) atoms. The summed E-state index contributed by atoms with van der Waals surface area (Å²) in [4.78, 5) is 9.25. The van der Waals surface area contributed by atoms with Crippen LogP contribution in [-0.4, -0.2) is 9.97 Å². The lowest BCUT2D eigenvalue weighted by Crippen LogP contribution is -2.04. The molecule has 0 saturated heterocycles. The fourth-order valence-corrected chi connectivity index (χ4v) is 2.92. The van der Waals surface area contributed by atoms with E-state index in [1.165, 1.54) is 17.8 Å². The van der Waals surface area contributed by atoms with E-state index < -0.39 is 0 Å². The molecule has 6 N–H and O–H groups in total. The molecule has 1 heterocycles. The first-order chi connectivity index (χ1) is 8.95. The van der Waals surface area contributed by atoms with Crippen molar-refractivity contribution in [1.82, 2.24) is 9.97 Å². The third kappa shape index (κ3) is 3.59. The predicted molar refractivity (Wildman–Crippen MR) is 81.7 cm³/mol. The van der Waals surface area contributed by atoms with Crippen molar-refractivity contribution in [1.29, 1.82) is 0 Å². The normalized spacial score (nSPS) is 12.4. The van der Waals surface area contributed by atoms with E-state index in [0.29, 0.717) is 16.8 Å². The minimum atomic E-state index is -0.00499. The first kappa shape index (κ1) is 14.1. The van der Waals surface area contributed by atoms with Gasteiger partial charge < -0.3 is 17.2 Å². The maximum absolute atomic E-state index is 5.84. The van der Waals surface area contributed by atoms with Gasteiger partial charge in [-0.25, -0.2) is 9.97 Å². The van der Waals surface area contributed by atoms with Crippen molar-refractivity contribution < 1.29 is 0 Å². The highest BCUT2D eigenvalue weighted by molar-refractivity contribution is 9.10. The molecule has 0 amide bonds. The minimum absolute atomic E-state index is 0.00499. The molecular weight excluding hydrogens is 326 g/mol. The summed E-state index contributed by atoms with van der Waals surface area (Å²) in [7, 11) is 0. The van der Waals surface area contributed by atoms with E-state index in [1.54, 1.807) is 0 Å². The van der Waals surface area contributed by atoms with E-state index in [9.17, 15) is 0 Å². The van der Waals surface area contributed by atoms with Crippen LogP contribution >= 0.6 is 27.7 Å². The summed E-state index contributed by atoms with van der Waals surface area (Å²) in [5.41, 5.74) is 18.2. The van der Waals surface area contributed by atoms with Crippen LogP contribution < -0.4 is 17.2 Å². The molecule has 2 aromatic rings. The van der Waals surface area contributed by atoms with Gasteiger partial charge in [-0.1, -0.05) is 6.07 Å². The van der Waals surface area contributed by atoms with Gasteiger partial charge >= 0.3 is 0 Å². The van der Waals surface area contributed by atoms with Crippen molar-refractivity contribution in [3.8, 4) is 0 Å². The van der Waals surface area contributed by atoms with Crippen molar-refractivity contribution in [3.05, 3.63) is 34.3 Å².